The molecule has 10 heteroatoms. The summed E-state index contributed by atoms with van der Waals surface area (Å²) in [7, 11) is -0.355. The standard InChI is InChI=1S/C10H14ClN5O2S2/c1-14(2)20(17,18)16-5-3-15(4-6-16)10-8(7-12)9(11)13-19-10/h3-6H2,1-2H3. The van der Waals surface area contributed by atoms with Crippen LogP contribution in [0.1, 0.15) is 5.56 Å². The zero-order valence-corrected chi connectivity index (χ0v) is 13.5. The highest BCUT2D eigenvalue weighted by Gasteiger charge is 2.30. The van der Waals surface area contributed by atoms with Gasteiger partial charge in [-0.25, -0.2) is 0 Å². The van der Waals surface area contributed by atoms with Crippen molar-refractivity contribution in [2.45, 2.75) is 0 Å². The number of rotatable bonds is 3. The number of anilines is 1. The van der Waals surface area contributed by atoms with Gasteiger partial charge in [-0.05, 0) is 11.5 Å². The summed E-state index contributed by atoms with van der Waals surface area (Å²) in [4.78, 5) is 1.95. The van der Waals surface area contributed by atoms with E-state index in [0.717, 1.165) is 0 Å². The van der Waals surface area contributed by atoms with Crippen molar-refractivity contribution in [3.8, 4) is 6.07 Å². The van der Waals surface area contributed by atoms with Crippen molar-refractivity contribution in [3.63, 3.8) is 0 Å². The van der Waals surface area contributed by atoms with E-state index in [1.807, 2.05) is 11.0 Å². The zero-order valence-electron chi connectivity index (χ0n) is 11.1. The van der Waals surface area contributed by atoms with Crippen LogP contribution in [0.25, 0.3) is 0 Å². The van der Waals surface area contributed by atoms with Crippen LogP contribution in [0.3, 0.4) is 0 Å². The molecule has 0 saturated carbocycles. The minimum Gasteiger partial charge on any atom is -0.358 e. The summed E-state index contributed by atoms with van der Waals surface area (Å²) in [5.41, 5.74) is 0.362. The number of piperazine rings is 1. The van der Waals surface area contributed by atoms with Gasteiger partial charge < -0.3 is 4.90 Å². The lowest BCUT2D eigenvalue weighted by Gasteiger charge is -2.35. The average Bonchev–Trinajstić information content (AvgIpc) is 2.79. The van der Waals surface area contributed by atoms with Crippen molar-refractivity contribution in [1.82, 2.24) is 13.0 Å². The number of nitrogens with zero attached hydrogens (tertiary/aromatic N) is 5. The Hall–Kier alpha value is -0.920. The van der Waals surface area contributed by atoms with Gasteiger partial charge in [-0.2, -0.15) is 26.7 Å². The predicted octanol–water partition coefficient (Wildman–Crippen LogP) is 0.597. The molecule has 20 heavy (non-hydrogen) atoms. The summed E-state index contributed by atoms with van der Waals surface area (Å²) in [5.74, 6) is 0. The van der Waals surface area contributed by atoms with Crippen LogP contribution in [0.5, 0.6) is 0 Å². The molecule has 1 fully saturated rings. The fraction of sp³-hybridized carbons (Fsp3) is 0.600. The van der Waals surface area contributed by atoms with Crippen molar-refractivity contribution in [2.75, 3.05) is 45.2 Å². The van der Waals surface area contributed by atoms with Crippen LogP contribution in [0.15, 0.2) is 0 Å². The topological polar surface area (TPSA) is 80.5 Å². The lowest BCUT2D eigenvalue weighted by Crippen LogP contribution is -2.51. The highest BCUT2D eigenvalue weighted by Crippen LogP contribution is 2.31. The number of halogens is 1. The fourth-order valence-electron chi connectivity index (χ4n) is 1.93. The molecule has 1 aromatic rings. The second-order valence-corrected chi connectivity index (χ2v) is 7.69. The average molecular weight is 336 g/mol. The molecule has 2 heterocycles. The summed E-state index contributed by atoms with van der Waals surface area (Å²) in [6.07, 6.45) is 0. The first-order chi connectivity index (χ1) is 9.37. The van der Waals surface area contributed by atoms with Crippen LogP contribution in [0, 0.1) is 11.3 Å². The van der Waals surface area contributed by atoms with Gasteiger partial charge in [0.25, 0.3) is 10.2 Å². The fourth-order valence-corrected chi connectivity index (χ4v) is 4.09. The van der Waals surface area contributed by atoms with Gasteiger partial charge in [-0.1, -0.05) is 11.6 Å². The first-order valence-electron chi connectivity index (χ1n) is 5.85. The van der Waals surface area contributed by atoms with Gasteiger partial charge >= 0.3 is 0 Å². The Morgan fingerprint density at radius 2 is 1.95 bits per heavy atom. The number of hydrogen-bond acceptors (Lipinski definition) is 6. The molecule has 0 unspecified atom stereocenters. The Kier molecular flexibility index (Phi) is 4.51. The Morgan fingerprint density at radius 1 is 1.35 bits per heavy atom. The lowest BCUT2D eigenvalue weighted by atomic mass is 10.3. The molecule has 0 amide bonds. The van der Waals surface area contributed by atoms with Crippen LogP contribution < -0.4 is 4.90 Å². The third-order valence-corrected chi connectivity index (χ3v) is 6.28. The van der Waals surface area contributed by atoms with Crippen LogP contribution in [0.4, 0.5) is 5.00 Å². The smallest absolute Gasteiger partial charge is 0.281 e. The van der Waals surface area contributed by atoms with Gasteiger partial charge in [-0.15, -0.1) is 0 Å². The molecule has 0 radical (unpaired) electrons. The highest BCUT2D eigenvalue weighted by atomic mass is 35.5. The molecule has 7 nitrogen and oxygen atoms in total. The summed E-state index contributed by atoms with van der Waals surface area (Å²) in [5, 5.41) is 9.98. The monoisotopic (exact) mass is 335 g/mol. The highest BCUT2D eigenvalue weighted by molar-refractivity contribution is 7.86. The second-order valence-electron chi connectivity index (χ2n) is 4.44. The summed E-state index contributed by atoms with van der Waals surface area (Å²) in [6, 6.07) is 2.04. The number of hydrogen-bond donors (Lipinski definition) is 0. The first-order valence-corrected chi connectivity index (χ1v) is 8.40. The third kappa shape index (κ3) is 2.75. The molecule has 1 aliphatic heterocycles. The van der Waals surface area contributed by atoms with Crippen molar-refractivity contribution < 1.29 is 8.42 Å². The molecular weight excluding hydrogens is 322 g/mol. The maximum atomic E-state index is 12.0. The molecule has 0 bridgehead atoms. The summed E-state index contributed by atoms with van der Waals surface area (Å²) in [6.45, 7) is 1.78. The van der Waals surface area contributed by atoms with Crippen molar-refractivity contribution in [3.05, 3.63) is 10.7 Å². The van der Waals surface area contributed by atoms with Crippen LogP contribution in [-0.2, 0) is 10.2 Å². The van der Waals surface area contributed by atoms with Gasteiger partial charge in [0.15, 0.2) is 5.15 Å². The van der Waals surface area contributed by atoms with Crippen LogP contribution in [-0.4, -0.2) is 61.7 Å². The van der Waals surface area contributed by atoms with Crippen molar-refractivity contribution in [1.29, 1.82) is 5.26 Å². The van der Waals surface area contributed by atoms with Gasteiger partial charge in [0.2, 0.25) is 0 Å². The predicted molar refractivity (Wildman–Crippen MR) is 78.2 cm³/mol. The molecular formula is C10H14ClN5O2S2. The molecule has 0 N–H and O–H groups in total. The molecule has 0 atom stereocenters. The Morgan fingerprint density at radius 3 is 2.45 bits per heavy atom. The first kappa shape index (κ1) is 15.5. The van der Waals surface area contributed by atoms with E-state index in [1.54, 1.807) is 0 Å². The lowest BCUT2D eigenvalue weighted by molar-refractivity contribution is 0.356. The molecule has 1 aromatic heterocycles. The normalized spacial score (nSPS) is 17.4. The SMILES string of the molecule is CN(C)S(=O)(=O)N1CCN(c2snc(Cl)c2C#N)CC1. The van der Waals surface area contributed by atoms with Gasteiger partial charge in [0, 0.05) is 40.3 Å². The van der Waals surface area contributed by atoms with Gasteiger partial charge in [-0.3, -0.25) is 0 Å². The zero-order chi connectivity index (χ0) is 14.9. The van der Waals surface area contributed by atoms with E-state index in [-0.39, 0.29) is 5.15 Å². The van der Waals surface area contributed by atoms with Crippen LogP contribution >= 0.6 is 23.1 Å². The van der Waals surface area contributed by atoms with E-state index in [2.05, 4.69) is 4.37 Å². The molecule has 2 rings (SSSR count). The Balaban J connectivity index is 2.11. The summed E-state index contributed by atoms with van der Waals surface area (Å²) < 4.78 is 30.6. The van der Waals surface area contributed by atoms with E-state index >= 15 is 0 Å². The van der Waals surface area contributed by atoms with E-state index in [1.165, 1.54) is 34.2 Å². The van der Waals surface area contributed by atoms with E-state index in [0.29, 0.717) is 36.7 Å². The summed E-state index contributed by atoms with van der Waals surface area (Å²) >= 11 is 7.01. The molecule has 0 aliphatic carbocycles. The Bertz CT molecular complexity index is 629. The Labute approximate surface area is 127 Å². The molecule has 110 valence electrons. The molecule has 1 aliphatic rings. The number of aromatic nitrogens is 1. The molecule has 0 aromatic carbocycles. The van der Waals surface area contributed by atoms with Crippen molar-refractivity contribution in [2.24, 2.45) is 0 Å². The van der Waals surface area contributed by atoms with Crippen molar-refractivity contribution >= 4 is 38.3 Å². The number of nitriles is 1. The van der Waals surface area contributed by atoms with Gasteiger partial charge in [0.05, 0.1) is 0 Å². The minimum atomic E-state index is -3.38. The van der Waals surface area contributed by atoms with Gasteiger partial charge in [0.1, 0.15) is 16.6 Å². The maximum absolute atomic E-state index is 12.0. The second kappa shape index (κ2) is 5.83. The third-order valence-electron chi connectivity index (χ3n) is 3.06. The minimum absolute atomic E-state index is 0.204. The largest absolute Gasteiger partial charge is 0.358 e. The molecule has 0 spiro atoms. The van der Waals surface area contributed by atoms with E-state index < -0.39 is 10.2 Å². The van der Waals surface area contributed by atoms with Crippen LogP contribution in [0.2, 0.25) is 5.15 Å². The van der Waals surface area contributed by atoms with E-state index in [4.69, 9.17) is 16.9 Å². The molecule has 1 saturated heterocycles. The van der Waals surface area contributed by atoms with E-state index in [9.17, 15) is 8.42 Å². The quantitative estimate of drug-likeness (QED) is 0.808. The maximum Gasteiger partial charge on any atom is 0.281 e.